The van der Waals surface area contributed by atoms with E-state index < -0.39 is 0 Å². The van der Waals surface area contributed by atoms with E-state index in [1.807, 2.05) is 0 Å². The Morgan fingerprint density at radius 3 is 2.52 bits per heavy atom. The van der Waals surface area contributed by atoms with Crippen LogP contribution in [0.25, 0.3) is 0 Å². The fourth-order valence-corrected chi connectivity index (χ4v) is 5.34. The van der Waals surface area contributed by atoms with Crippen molar-refractivity contribution in [3.8, 4) is 0 Å². The number of ether oxygens (including phenoxy) is 2. The maximum atomic E-state index is 12.6. The van der Waals surface area contributed by atoms with Crippen LogP contribution in [-0.4, -0.2) is 56.2 Å². The molecular formula is C19H33NO3. The molecule has 2 aliphatic heterocycles. The van der Waals surface area contributed by atoms with Gasteiger partial charge in [0.2, 0.25) is 0 Å². The van der Waals surface area contributed by atoms with Crippen LogP contribution >= 0.6 is 0 Å². The Bertz CT molecular complexity index is 425. The van der Waals surface area contributed by atoms with Gasteiger partial charge in [0.1, 0.15) is 5.78 Å². The zero-order valence-corrected chi connectivity index (χ0v) is 15.2. The molecule has 2 heterocycles. The monoisotopic (exact) mass is 323 g/mol. The summed E-state index contributed by atoms with van der Waals surface area (Å²) in [4.78, 5) is 15.3. The number of hydrogen-bond donors (Lipinski definition) is 0. The molecule has 3 aliphatic rings. The Morgan fingerprint density at radius 1 is 1.17 bits per heavy atom. The second kappa shape index (κ2) is 7.20. The van der Waals surface area contributed by atoms with Crippen LogP contribution in [0.4, 0.5) is 0 Å². The summed E-state index contributed by atoms with van der Waals surface area (Å²) >= 11 is 0. The van der Waals surface area contributed by atoms with E-state index in [-0.39, 0.29) is 18.1 Å². The van der Waals surface area contributed by atoms with Crippen molar-refractivity contribution in [1.82, 2.24) is 4.90 Å². The quantitative estimate of drug-likeness (QED) is 0.797. The highest BCUT2D eigenvalue weighted by Crippen LogP contribution is 2.44. The van der Waals surface area contributed by atoms with E-state index >= 15 is 0 Å². The van der Waals surface area contributed by atoms with Crippen molar-refractivity contribution in [2.75, 3.05) is 27.3 Å². The third kappa shape index (κ3) is 3.49. The first-order chi connectivity index (χ1) is 11.0. The summed E-state index contributed by atoms with van der Waals surface area (Å²) in [5.41, 5.74) is 0. The fraction of sp³-hybridized carbons (Fsp3) is 0.947. The van der Waals surface area contributed by atoms with Crippen molar-refractivity contribution in [2.45, 2.75) is 64.2 Å². The van der Waals surface area contributed by atoms with Gasteiger partial charge in [0, 0.05) is 39.1 Å². The molecule has 0 aromatic rings. The third-order valence-electron chi connectivity index (χ3n) is 6.49. The summed E-state index contributed by atoms with van der Waals surface area (Å²) in [6.07, 6.45) is 5.59. The maximum absolute atomic E-state index is 12.6. The lowest BCUT2D eigenvalue weighted by Gasteiger charge is -2.53. The summed E-state index contributed by atoms with van der Waals surface area (Å²) in [5, 5.41) is 0. The van der Waals surface area contributed by atoms with E-state index in [9.17, 15) is 4.79 Å². The van der Waals surface area contributed by atoms with E-state index in [4.69, 9.17) is 9.47 Å². The number of rotatable bonds is 4. The minimum atomic E-state index is 0.185. The van der Waals surface area contributed by atoms with Gasteiger partial charge >= 0.3 is 0 Å². The Hall–Kier alpha value is -0.450. The van der Waals surface area contributed by atoms with Crippen LogP contribution in [0.5, 0.6) is 0 Å². The number of ketones is 1. The van der Waals surface area contributed by atoms with Gasteiger partial charge in [-0.2, -0.15) is 0 Å². The van der Waals surface area contributed by atoms with Crippen LogP contribution in [0.1, 0.15) is 46.0 Å². The number of carbonyl (C=O) groups is 1. The molecule has 4 heteroatoms. The topological polar surface area (TPSA) is 38.8 Å². The second-order valence-electron chi connectivity index (χ2n) is 8.29. The minimum Gasteiger partial charge on any atom is -0.379 e. The molecule has 0 bridgehead atoms. The van der Waals surface area contributed by atoms with Gasteiger partial charge in [0.25, 0.3) is 0 Å². The molecule has 6 unspecified atom stereocenters. The zero-order chi connectivity index (χ0) is 16.6. The highest BCUT2D eigenvalue weighted by molar-refractivity contribution is 5.82. The van der Waals surface area contributed by atoms with Crippen molar-refractivity contribution >= 4 is 5.78 Å². The van der Waals surface area contributed by atoms with E-state index in [0.29, 0.717) is 29.6 Å². The van der Waals surface area contributed by atoms with Gasteiger partial charge in [-0.25, -0.2) is 0 Å². The lowest BCUT2D eigenvalue weighted by atomic mass is 9.66. The standard InChI is InChI=1S/C19H33NO3/c1-12(2)7-14-11-20-6-5-13-8-18(22-3)19(23-4)9-15(13)16(20)10-17(14)21/h12-16,18-19H,5-11H2,1-4H3. The van der Waals surface area contributed by atoms with Crippen LogP contribution in [0.3, 0.4) is 0 Å². The fourth-order valence-electron chi connectivity index (χ4n) is 5.34. The zero-order valence-electron chi connectivity index (χ0n) is 15.2. The molecule has 1 aliphatic carbocycles. The first-order valence-corrected chi connectivity index (χ1v) is 9.35. The molecule has 0 aromatic carbocycles. The number of fused-ring (bicyclic) bond motifs is 3. The molecule has 132 valence electrons. The maximum Gasteiger partial charge on any atom is 0.138 e. The van der Waals surface area contributed by atoms with Gasteiger partial charge in [-0.3, -0.25) is 9.69 Å². The smallest absolute Gasteiger partial charge is 0.138 e. The van der Waals surface area contributed by atoms with Crippen LogP contribution in [0.2, 0.25) is 0 Å². The number of nitrogens with zero attached hydrogens (tertiary/aromatic N) is 1. The van der Waals surface area contributed by atoms with E-state index in [1.165, 1.54) is 6.42 Å². The van der Waals surface area contributed by atoms with Gasteiger partial charge in [0.15, 0.2) is 0 Å². The first-order valence-electron chi connectivity index (χ1n) is 9.35. The molecule has 4 nitrogen and oxygen atoms in total. The molecule has 3 rings (SSSR count). The summed E-state index contributed by atoms with van der Waals surface area (Å²) < 4.78 is 11.4. The Morgan fingerprint density at radius 2 is 1.87 bits per heavy atom. The lowest BCUT2D eigenvalue weighted by molar-refractivity contribution is -0.141. The van der Waals surface area contributed by atoms with Gasteiger partial charge in [-0.15, -0.1) is 0 Å². The molecule has 0 spiro atoms. The summed E-state index contributed by atoms with van der Waals surface area (Å²) in [6.45, 7) is 6.58. The minimum absolute atomic E-state index is 0.185. The molecule has 3 fully saturated rings. The van der Waals surface area contributed by atoms with Crippen molar-refractivity contribution < 1.29 is 14.3 Å². The number of piperidine rings is 2. The van der Waals surface area contributed by atoms with Gasteiger partial charge in [-0.05, 0) is 50.0 Å². The molecule has 1 saturated carbocycles. The second-order valence-corrected chi connectivity index (χ2v) is 8.29. The van der Waals surface area contributed by atoms with Crippen molar-refractivity contribution in [1.29, 1.82) is 0 Å². The molecule has 0 radical (unpaired) electrons. The van der Waals surface area contributed by atoms with E-state index in [1.54, 1.807) is 14.2 Å². The molecule has 2 saturated heterocycles. The molecule has 0 amide bonds. The van der Waals surface area contributed by atoms with Crippen LogP contribution in [-0.2, 0) is 14.3 Å². The largest absolute Gasteiger partial charge is 0.379 e. The van der Waals surface area contributed by atoms with Crippen molar-refractivity contribution in [3.05, 3.63) is 0 Å². The molecule has 23 heavy (non-hydrogen) atoms. The molecular weight excluding hydrogens is 290 g/mol. The average molecular weight is 323 g/mol. The average Bonchev–Trinajstić information content (AvgIpc) is 2.53. The van der Waals surface area contributed by atoms with Crippen molar-refractivity contribution in [2.24, 2.45) is 23.7 Å². The SMILES string of the molecule is COC1CC2CCN3CC(CC(C)C)C(=O)CC3C2CC1OC. The van der Waals surface area contributed by atoms with E-state index in [0.717, 1.165) is 38.8 Å². The van der Waals surface area contributed by atoms with Crippen LogP contribution in [0.15, 0.2) is 0 Å². The predicted molar refractivity (Wildman–Crippen MR) is 90.4 cm³/mol. The summed E-state index contributed by atoms with van der Waals surface area (Å²) in [7, 11) is 3.59. The Balaban J connectivity index is 1.70. The Kier molecular flexibility index (Phi) is 5.44. The number of Topliss-reactive ketones (excluding diaryl/α,β-unsaturated/α-hetero) is 1. The van der Waals surface area contributed by atoms with E-state index in [2.05, 4.69) is 18.7 Å². The Labute approximate surface area is 140 Å². The predicted octanol–water partition coefficient (Wildman–Crippen LogP) is 2.75. The normalized spacial score (nSPS) is 41.7. The summed E-state index contributed by atoms with van der Waals surface area (Å²) in [6, 6.07) is 0.445. The number of hydrogen-bond acceptors (Lipinski definition) is 4. The van der Waals surface area contributed by atoms with Crippen molar-refractivity contribution in [3.63, 3.8) is 0 Å². The lowest BCUT2D eigenvalue weighted by Crippen LogP contribution is -2.59. The molecule has 0 aromatic heterocycles. The molecule has 0 N–H and O–H groups in total. The van der Waals surface area contributed by atoms with Gasteiger partial charge < -0.3 is 9.47 Å². The number of methoxy groups -OCH3 is 2. The van der Waals surface area contributed by atoms with Gasteiger partial charge in [-0.1, -0.05) is 13.8 Å². The highest BCUT2D eigenvalue weighted by atomic mass is 16.5. The molecule has 6 atom stereocenters. The van der Waals surface area contributed by atoms with Gasteiger partial charge in [0.05, 0.1) is 12.2 Å². The summed E-state index contributed by atoms with van der Waals surface area (Å²) in [5.74, 6) is 2.67. The van der Waals surface area contributed by atoms with Crippen LogP contribution in [0, 0.1) is 23.7 Å². The van der Waals surface area contributed by atoms with Crippen LogP contribution < -0.4 is 0 Å². The first kappa shape index (κ1) is 17.4. The number of carbonyl (C=O) groups excluding carboxylic acids is 1. The third-order valence-corrected chi connectivity index (χ3v) is 6.49. The highest BCUT2D eigenvalue weighted by Gasteiger charge is 2.48.